The first-order chi connectivity index (χ1) is 10.7. The third-order valence-corrected chi connectivity index (χ3v) is 4.23. The summed E-state index contributed by atoms with van der Waals surface area (Å²) in [5.41, 5.74) is 0.968. The van der Waals surface area contributed by atoms with E-state index in [0.29, 0.717) is 13.0 Å². The summed E-state index contributed by atoms with van der Waals surface area (Å²) < 4.78 is 4.51. The van der Waals surface area contributed by atoms with Gasteiger partial charge in [-0.2, -0.15) is 0 Å². The van der Waals surface area contributed by atoms with Crippen molar-refractivity contribution < 1.29 is 14.3 Å². The predicted octanol–water partition coefficient (Wildman–Crippen LogP) is 2.63. The number of nitrogens with one attached hydrogen (secondary N) is 1. The van der Waals surface area contributed by atoms with Crippen LogP contribution in [0.5, 0.6) is 0 Å². The van der Waals surface area contributed by atoms with E-state index < -0.39 is 0 Å². The molecule has 0 bridgehead atoms. The van der Waals surface area contributed by atoms with Gasteiger partial charge in [-0.3, -0.25) is 4.79 Å². The molecular formula is C18H23NO3. The molecule has 1 N–H and O–H groups in total. The van der Waals surface area contributed by atoms with Crippen LogP contribution in [-0.2, 0) is 20.7 Å². The molecular weight excluding hydrogens is 278 g/mol. The van der Waals surface area contributed by atoms with Gasteiger partial charge in [-0.05, 0) is 31.2 Å². The van der Waals surface area contributed by atoms with Crippen LogP contribution in [0.4, 0.5) is 0 Å². The average molecular weight is 301 g/mol. The van der Waals surface area contributed by atoms with Gasteiger partial charge in [0.25, 0.3) is 0 Å². The SMILES string of the molecule is COC(=O)/C=C/CCNC(=O)C1(Cc2ccccc2)CCC1. The first kappa shape index (κ1) is 16.3. The number of esters is 1. The summed E-state index contributed by atoms with van der Waals surface area (Å²) in [6.45, 7) is 0.545. The number of benzene rings is 1. The molecule has 2 rings (SSSR count). The van der Waals surface area contributed by atoms with Crippen LogP contribution >= 0.6 is 0 Å². The van der Waals surface area contributed by atoms with Crippen LogP contribution in [-0.4, -0.2) is 25.5 Å². The molecule has 0 atom stereocenters. The first-order valence-corrected chi connectivity index (χ1v) is 7.73. The molecule has 1 amide bonds. The molecule has 22 heavy (non-hydrogen) atoms. The molecule has 0 spiro atoms. The summed E-state index contributed by atoms with van der Waals surface area (Å²) in [4.78, 5) is 23.4. The number of carbonyl (C=O) groups excluding carboxylic acids is 2. The monoisotopic (exact) mass is 301 g/mol. The van der Waals surface area contributed by atoms with E-state index in [2.05, 4.69) is 22.2 Å². The highest BCUT2D eigenvalue weighted by Crippen LogP contribution is 2.43. The van der Waals surface area contributed by atoms with Crippen LogP contribution in [0.1, 0.15) is 31.2 Å². The fourth-order valence-electron chi connectivity index (χ4n) is 2.78. The molecule has 0 radical (unpaired) electrons. The second kappa shape index (κ2) is 7.78. The molecule has 118 valence electrons. The highest BCUT2D eigenvalue weighted by molar-refractivity contribution is 5.84. The van der Waals surface area contributed by atoms with E-state index in [9.17, 15) is 9.59 Å². The summed E-state index contributed by atoms with van der Waals surface area (Å²) in [6, 6.07) is 10.2. The summed E-state index contributed by atoms with van der Waals surface area (Å²) in [7, 11) is 1.35. The highest BCUT2D eigenvalue weighted by Gasteiger charge is 2.43. The van der Waals surface area contributed by atoms with Gasteiger partial charge in [0, 0.05) is 12.6 Å². The third kappa shape index (κ3) is 4.20. The van der Waals surface area contributed by atoms with Crippen LogP contribution in [0.3, 0.4) is 0 Å². The maximum absolute atomic E-state index is 12.5. The Kier molecular flexibility index (Phi) is 5.75. The molecule has 1 aromatic rings. The standard InChI is InChI=1S/C18H23NO3/c1-22-16(20)10-5-6-13-19-17(21)18(11-7-12-18)14-15-8-3-2-4-9-15/h2-5,8-10H,6-7,11-14H2,1H3,(H,19,21)/b10-5+. The van der Waals surface area contributed by atoms with Gasteiger partial charge < -0.3 is 10.1 Å². The van der Waals surface area contributed by atoms with Gasteiger partial charge in [0.15, 0.2) is 0 Å². The van der Waals surface area contributed by atoms with Crippen molar-refractivity contribution in [3.63, 3.8) is 0 Å². The van der Waals surface area contributed by atoms with Crippen LogP contribution < -0.4 is 5.32 Å². The third-order valence-electron chi connectivity index (χ3n) is 4.23. The average Bonchev–Trinajstić information content (AvgIpc) is 2.51. The van der Waals surface area contributed by atoms with E-state index in [0.717, 1.165) is 25.7 Å². The summed E-state index contributed by atoms with van der Waals surface area (Å²) >= 11 is 0. The van der Waals surface area contributed by atoms with Gasteiger partial charge >= 0.3 is 5.97 Å². The summed E-state index contributed by atoms with van der Waals surface area (Å²) in [6.07, 6.45) is 7.55. The number of rotatable bonds is 7. The summed E-state index contributed by atoms with van der Waals surface area (Å²) in [5, 5.41) is 3.00. The molecule has 1 saturated carbocycles. The van der Waals surface area contributed by atoms with Crippen molar-refractivity contribution in [1.29, 1.82) is 0 Å². The van der Waals surface area contributed by atoms with Crippen LogP contribution in [0.25, 0.3) is 0 Å². The minimum atomic E-state index is -0.370. The Balaban J connectivity index is 1.82. The van der Waals surface area contributed by atoms with E-state index in [4.69, 9.17) is 0 Å². The zero-order chi connectivity index (χ0) is 15.8. The lowest BCUT2D eigenvalue weighted by molar-refractivity contribution is -0.136. The van der Waals surface area contributed by atoms with E-state index >= 15 is 0 Å². The zero-order valence-corrected chi connectivity index (χ0v) is 13.0. The fourth-order valence-corrected chi connectivity index (χ4v) is 2.78. The van der Waals surface area contributed by atoms with Crippen molar-refractivity contribution in [1.82, 2.24) is 5.32 Å². The number of ether oxygens (including phenoxy) is 1. The van der Waals surface area contributed by atoms with Crippen molar-refractivity contribution in [3.8, 4) is 0 Å². The second-order valence-corrected chi connectivity index (χ2v) is 5.77. The van der Waals surface area contributed by atoms with E-state index in [-0.39, 0.29) is 17.3 Å². The van der Waals surface area contributed by atoms with E-state index in [1.54, 1.807) is 6.08 Å². The lowest BCUT2D eigenvalue weighted by Gasteiger charge is -2.40. The number of hydrogen-bond donors (Lipinski definition) is 1. The Morgan fingerprint density at radius 1 is 1.27 bits per heavy atom. The Morgan fingerprint density at radius 3 is 2.59 bits per heavy atom. The smallest absolute Gasteiger partial charge is 0.330 e. The Morgan fingerprint density at radius 2 is 2.00 bits per heavy atom. The van der Waals surface area contributed by atoms with E-state index in [1.807, 2.05) is 18.2 Å². The Hall–Kier alpha value is -2.10. The molecule has 1 aliphatic rings. The maximum Gasteiger partial charge on any atom is 0.330 e. The fraction of sp³-hybridized carbons (Fsp3) is 0.444. The van der Waals surface area contributed by atoms with Gasteiger partial charge in [0.2, 0.25) is 5.91 Å². The van der Waals surface area contributed by atoms with Gasteiger partial charge in [-0.25, -0.2) is 4.79 Å². The minimum absolute atomic E-state index is 0.133. The lowest BCUT2D eigenvalue weighted by atomic mass is 9.64. The zero-order valence-electron chi connectivity index (χ0n) is 13.0. The molecule has 0 saturated heterocycles. The number of hydrogen-bond acceptors (Lipinski definition) is 3. The van der Waals surface area contributed by atoms with Crippen LogP contribution in [0, 0.1) is 5.41 Å². The van der Waals surface area contributed by atoms with Crippen molar-refractivity contribution >= 4 is 11.9 Å². The molecule has 0 aromatic heterocycles. The van der Waals surface area contributed by atoms with Gasteiger partial charge in [0.1, 0.15) is 0 Å². The van der Waals surface area contributed by atoms with Gasteiger partial charge in [-0.15, -0.1) is 0 Å². The Labute approximate surface area is 131 Å². The molecule has 4 nitrogen and oxygen atoms in total. The van der Waals surface area contributed by atoms with Crippen LogP contribution in [0.15, 0.2) is 42.5 Å². The molecule has 4 heteroatoms. The largest absolute Gasteiger partial charge is 0.466 e. The molecule has 0 aliphatic heterocycles. The van der Waals surface area contributed by atoms with Crippen molar-refractivity contribution in [2.75, 3.05) is 13.7 Å². The Bertz CT molecular complexity index is 533. The second-order valence-electron chi connectivity index (χ2n) is 5.77. The maximum atomic E-state index is 12.5. The topological polar surface area (TPSA) is 55.4 Å². The molecule has 1 fully saturated rings. The van der Waals surface area contributed by atoms with E-state index in [1.165, 1.54) is 18.7 Å². The lowest BCUT2D eigenvalue weighted by Crippen LogP contribution is -2.47. The van der Waals surface area contributed by atoms with Crippen molar-refractivity contribution in [2.24, 2.45) is 5.41 Å². The molecule has 1 aliphatic carbocycles. The quantitative estimate of drug-likeness (QED) is 0.478. The molecule has 0 unspecified atom stereocenters. The van der Waals surface area contributed by atoms with Gasteiger partial charge in [0.05, 0.1) is 12.5 Å². The van der Waals surface area contributed by atoms with Crippen LogP contribution in [0.2, 0.25) is 0 Å². The van der Waals surface area contributed by atoms with Gasteiger partial charge in [-0.1, -0.05) is 42.8 Å². The van der Waals surface area contributed by atoms with Crippen molar-refractivity contribution in [2.45, 2.75) is 32.1 Å². The van der Waals surface area contributed by atoms with Crippen molar-refractivity contribution in [3.05, 3.63) is 48.0 Å². The highest BCUT2D eigenvalue weighted by atomic mass is 16.5. The molecule has 1 aromatic carbocycles. The first-order valence-electron chi connectivity index (χ1n) is 7.73. The number of carbonyl (C=O) groups is 2. The number of amides is 1. The normalized spacial score (nSPS) is 16.0. The minimum Gasteiger partial charge on any atom is -0.466 e. The number of methoxy groups -OCH3 is 1. The summed E-state index contributed by atoms with van der Waals surface area (Å²) in [5.74, 6) is -0.236. The molecule has 0 heterocycles. The predicted molar refractivity (Wildman–Crippen MR) is 85.2 cm³/mol.